The normalized spacial score (nSPS) is 23.1. The highest BCUT2D eigenvalue weighted by atomic mass is 16.2. The smallest absolute Gasteiger partial charge is 0.324 e. The molecule has 1 unspecified atom stereocenters. The quantitative estimate of drug-likeness (QED) is 0.660. The average Bonchev–Trinajstić information content (AvgIpc) is 2.04. The number of nitrogens with zero attached hydrogens (tertiary/aromatic N) is 1. The Morgan fingerprint density at radius 3 is 2.92 bits per heavy atom. The predicted molar refractivity (Wildman–Crippen MR) is 49.2 cm³/mol. The van der Waals surface area contributed by atoms with Gasteiger partial charge in [0.2, 0.25) is 5.91 Å². The molecule has 0 aromatic heterocycles. The fourth-order valence-corrected chi connectivity index (χ4v) is 1.45. The van der Waals surface area contributed by atoms with Gasteiger partial charge in [-0.25, -0.2) is 4.79 Å². The minimum absolute atomic E-state index is 0.0512. The molecular formula is C9H16N2O2. The highest BCUT2D eigenvalue weighted by Crippen LogP contribution is 2.16. The largest absolute Gasteiger partial charge is 0.338 e. The van der Waals surface area contributed by atoms with E-state index in [0.29, 0.717) is 25.4 Å². The van der Waals surface area contributed by atoms with Crippen LogP contribution >= 0.6 is 0 Å². The lowest BCUT2D eigenvalue weighted by molar-refractivity contribution is -0.131. The molecule has 4 nitrogen and oxygen atoms in total. The predicted octanol–water partition coefficient (Wildman–Crippen LogP) is 0.974. The van der Waals surface area contributed by atoms with Crippen molar-refractivity contribution >= 4 is 11.9 Å². The van der Waals surface area contributed by atoms with Crippen LogP contribution in [0.25, 0.3) is 0 Å². The van der Waals surface area contributed by atoms with E-state index in [2.05, 4.69) is 5.32 Å². The summed E-state index contributed by atoms with van der Waals surface area (Å²) in [4.78, 5) is 24.0. The molecule has 0 saturated carbocycles. The maximum absolute atomic E-state index is 11.4. The highest BCUT2D eigenvalue weighted by molar-refractivity contribution is 5.94. The maximum Gasteiger partial charge on any atom is 0.324 e. The Balaban J connectivity index is 2.51. The zero-order valence-corrected chi connectivity index (χ0v) is 8.17. The number of hydrogen-bond donors (Lipinski definition) is 1. The number of nitrogens with one attached hydrogen (secondary N) is 1. The highest BCUT2D eigenvalue weighted by Gasteiger charge is 2.27. The molecule has 0 spiro atoms. The first kappa shape index (κ1) is 10.0. The summed E-state index contributed by atoms with van der Waals surface area (Å²) < 4.78 is 0. The van der Waals surface area contributed by atoms with Crippen LogP contribution in [0.2, 0.25) is 0 Å². The molecule has 1 fully saturated rings. The molecule has 1 N–H and O–H groups in total. The van der Waals surface area contributed by atoms with Crippen LogP contribution in [0.5, 0.6) is 0 Å². The number of rotatable bonds is 1. The Morgan fingerprint density at radius 2 is 2.38 bits per heavy atom. The van der Waals surface area contributed by atoms with Crippen molar-refractivity contribution in [3.05, 3.63) is 0 Å². The molecule has 13 heavy (non-hydrogen) atoms. The van der Waals surface area contributed by atoms with Gasteiger partial charge < -0.3 is 5.32 Å². The lowest BCUT2D eigenvalue weighted by Crippen LogP contribution is -2.47. The molecule has 3 amide bonds. The average molecular weight is 184 g/mol. The van der Waals surface area contributed by atoms with E-state index < -0.39 is 0 Å². The number of likely N-dealkylation sites (tertiary alicyclic amines) is 1. The van der Waals surface area contributed by atoms with Crippen molar-refractivity contribution in [2.45, 2.75) is 26.7 Å². The SMILES string of the molecule is CCNC(=O)N1CCC(C)CC1=O. The molecule has 0 aromatic rings. The lowest BCUT2D eigenvalue weighted by Gasteiger charge is -2.28. The molecule has 0 bridgehead atoms. The van der Waals surface area contributed by atoms with Crippen LogP contribution in [0, 0.1) is 5.92 Å². The molecule has 1 aliphatic rings. The van der Waals surface area contributed by atoms with Gasteiger partial charge in [-0.05, 0) is 19.3 Å². The first-order valence-electron chi connectivity index (χ1n) is 4.73. The summed E-state index contributed by atoms with van der Waals surface area (Å²) in [6.45, 7) is 5.01. The number of carbonyl (C=O) groups is 2. The molecule has 1 aliphatic heterocycles. The monoisotopic (exact) mass is 184 g/mol. The third kappa shape index (κ3) is 2.44. The third-order valence-corrected chi connectivity index (χ3v) is 2.24. The molecule has 4 heteroatoms. The second-order valence-electron chi connectivity index (χ2n) is 3.48. The maximum atomic E-state index is 11.4. The molecule has 74 valence electrons. The van der Waals surface area contributed by atoms with Gasteiger partial charge in [-0.15, -0.1) is 0 Å². The molecule has 1 rings (SSSR count). The minimum atomic E-state index is -0.251. The van der Waals surface area contributed by atoms with Gasteiger partial charge >= 0.3 is 6.03 Å². The number of amides is 3. The van der Waals surface area contributed by atoms with Crippen LogP contribution in [0.15, 0.2) is 0 Å². The summed E-state index contributed by atoms with van der Waals surface area (Å²) >= 11 is 0. The van der Waals surface area contributed by atoms with E-state index >= 15 is 0 Å². The van der Waals surface area contributed by atoms with Gasteiger partial charge in [0, 0.05) is 19.5 Å². The molecule has 1 atom stereocenters. The van der Waals surface area contributed by atoms with Gasteiger partial charge in [-0.3, -0.25) is 9.69 Å². The van der Waals surface area contributed by atoms with Crippen molar-refractivity contribution < 1.29 is 9.59 Å². The zero-order valence-electron chi connectivity index (χ0n) is 8.17. The summed E-state index contributed by atoms with van der Waals surface area (Å²) in [5.74, 6) is 0.364. The number of carbonyl (C=O) groups excluding carboxylic acids is 2. The van der Waals surface area contributed by atoms with Crippen LogP contribution in [0.3, 0.4) is 0 Å². The Morgan fingerprint density at radius 1 is 1.69 bits per heavy atom. The summed E-state index contributed by atoms with van der Waals surface area (Å²) in [7, 11) is 0. The summed E-state index contributed by atoms with van der Waals surface area (Å²) in [6.07, 6.45) is 1.42. The van der Waals surface area contributed by atoms with Gasteiger partial charge in [-0.2, -0.15) is 0 Å². The molecule has 1 heterocycles. The van der Waals surface area contributed by atoms with Crippen molar-refractivity contribution in [2.75, 3.05) is 13.1 Å². The van der Waals surface area contributed by atoms with Crippen LogP contribution in [-0.4, -0.2) is 29.9 Å². The second kappa shape index (κ2) is 4.25. The molecule has 1 saturated heterocycles. The number of urea groups is 1. The Kier molecular flexibility index (Phi) is 3.28. The van der Waals surface area contributed by atoms with Crippen molar-refractivity contribution in [1.82, 2.24) is 10.2 Å². The summed E-state index contributed by atoms with van der Waals surface area (Å²) in [5.41, 5.74) is 0. The van der Waals surface area contributed by atoms with Crippen molar-refractivity contribution in [1.29, 1.82) is 0 Å². The molecular weight excluding hydrogens is 168 g/mol. The van der Waals surface area contributed by atoms with E-state index in [-0.39, 0.29) is 11.9 Å². The first-order chi connectivity index (χ1) is 6.15. The minimum Gasteiger partial charge on any atom is -0.338 e. The summed E-state index contributed by atoms with van der Waals surface area (Å²) in [5, 5.41) is 2.63. The fourth-order valence-electron chi connectivity index (χ4n) is 1.45. The van der Waals surface area contributed by atoms with Gasteiger partial charge in [0.1, 0.15) is 0 Å². The van der Waals surface area contributed by atoms with Crippen molar-refractivity contribution in [3.8, 4) is 0 Å². The van der Waals surface area contributed by atoms with Crippen LogP contribution in [-0.2, 0) is 4.79 Å². The number of piperidine rings is 1. The van der Waals surface area contributed by atoms with Gasteiger partial charge in [0.15, 0.2) is 0 Å². The van der Waals surface area contributed by atoms with Crippen LogP contribution < -0.4 is 5.32 Å². The third-order valence-electron chi connectivity index (χ3n) is 2.24. The Labute approximate surface area is 78.3 Å². The van der Waals surface area contributed by atoms with Crippen LogP contribution in [0.4, 0.5) is 4.79 Å². The van der Waals surface area contributed by atoms with E-state index in [4.69, 9.17) is 0 Å². The first-order valence-corrected chi connectivity index (χ1v) is 4.73. The van der Waals surface area contributed by atoms with E-state index in [9.17, 15) is 9.59 Å². The molecule has 0 aliphatic carbocycles. The van der Waals surface area contributed by atoms with E-state index in [1.807, 2.05) is 13.8 Å². The Hall–Kier alpha value is -1.06. The van der Waals surface area contributed by atoms with Gasteiger partial charge in [0.05, 0.1) is 0 Å². The summed E-state index contributed by atoms with van der Waals surface area (Å²) in [6, 6.07) is -0.251. The Bertz CT molecular complexity index is 208. The lowest BCUT2D eigenvalue weighted by atomic mass is 9.99. The number of hydrogen-bond acceptors (Lipinski definition) is 2. The van der Waals surface area contributed by atoms with E-state index in [1.54, 1.807) is 0 Å². The van der Waals surface area contributed by atoms with Gasteiger partial charge in [-0.1, -0.05) is 6.92 Å². The molecule has 0 aromatic carbocycles. The van der Waals surface area contributed by atoms with E-state index in [1.165, 1.54) is 4.90 Å². The van der Waals surface area contributed by atoms with Crippen molar-refractivity contribution in [2.24, 2.45) is 5.92 Å². The van der Waals surface area contributed by atoms with Crippen LogP contribution in [0.1, 0.15) is 26.7 Å². The van der Waals surface area contributed by atoms with Crippen molar-refractivity contribution in [3.63, 3.8) is 0 Å². The second-order valence-corrected chi connectivity index (χ2v) is 3.48. The molecule has 0 radical (unpaired) electrons. The fraction of sp³-hybridized carbons (Fsp3) is 0.778. The van der Waals surface area contributed by atoms with E-state index in [0.717, 1.165) is 6.42 Å². The topological polar surface area (TPSA) is 49.4 Å². The van der Waals surface area contributed by atoms with Gasteiger partial charge in [0.25, 0.3) is 0 Å². The standard InChI is InChI=1S/C9H16N2O2/c1-3-10-9(13)11-5-4-7(2)6-8(11)12/h7H,3-6H2,1-2H3,(H,10,13). The number of imide groups is 1. The zero-order chi connectivity index (χ0) is 9.84.